The van der Waals surface area contributed by atoms with Crippen molar-refractivity contribution in [3.63, 3.8) is 0 Å². The largest absolute Gasteiger partial charge is 0.340 e. The molecule has 0 saturated heterocycles. The number of nitrogens with zero attached hydrogens (tertiary/aromatic N) is 2. The van der Waals surface area contributed by atoms with E-state index in [1.54, 1.807) is 30.3 Å². The maximum atomic E-state index is 12.3. The minimum Gasteiger partial charge on any atom is -0.340 e. The standard InChI is InChI=1S/C17H13ClN4O/c18-12-5-4-8-14(9-12)22-17(23)15-10-16(20-11-19-15)21-13-6-2-1-3-7-13/h1-11H,(H,22,23)(H,19,20,21). The lowest BCUT2D eigenvalue weighted by Gasteiger charge is -2.08. The Morgan fingerprint density at radius 3 is 2.48 bits per heavy atom. The van der Waals surface area contributed by atoms with Gasteiger partial charge < -0.3 is 10.6 Å². The predicted octanol–water partition coefficient (Wildman–Crippen LogP) is 4.13. The Kier molecular flexibility index (Phi) is 4.49. The summed E-state index contributed by atoms with van der Waals surface area (Å²) in [4.78, 5) is 20.4. The summed E-state index contributed by atoms with van der Waals surface area (Å²) >= 11 is 5.90. The van der Waals surface area contributed by atoms with Gasteiger partial charge in [-0.1, -0.05) is 35.9 Å². The Hall–Kier alpha value is -2.92. The van der Waals surface area contributed by atoms with Gasteiger partial charge in [-0.05, 0) is 30.3 Å². The van der Waals surface area contributed by atoms with Crippen molar-refractivity contribution in [2.45, 2.75) is 0 Å². The van der Waals surface area contributed by atoms with Crippen LogP contribution in [-0.4, -0.2) is 15.9 Å². The Bertz CT molecular complexity index is 824. The number of hydrogen-bond acceptors (Lipinski definition) is 4. The van der Waals surface area contributed by atoms with Crippen LogP contribution in [0.15, 0.2) is 67.0 Å². The molecule has 114 valence electrons. The van der Waals surface area contributed by atoms with Crippen molar-refractivity contribution in [1.29, 1.82) is 0 Å². The first-order valence-corrected chi connectivity index (χ1v) is 7.29. The fourth-order valence-corrected chi connectivity index (χ4v) is 2.17. The van der Waals surface area contributed by atoms with E-state index in [-0.39, 0.29) is 11.6 Å². The van der Waals surface area contributed by atoms with Gasteiger partial charge in [0.05, 0.1) is 0 Å². The number of benzene rings is 2. The van der Waals surface area contributed by atoms with Crippen LogP contribution in [-0.2, 0) is 0 Å². The van der Waals surface area contributed by atoms with Gasteiger partial charge in [-0.2, -0.15) is 0 Å². The van der Waals surface area contributed by atoms with Crippen LogP contribution in [0, 0.1) is 0 Å². The molecule has 0 fully saturated rings. The fourth-order valence-electron chi connectivity index (χ4n) is 1.98. The molecule has 0 aliphatic rings. The molecule has 0 saturated carbocycles. The molecular formula is C17H13ClN4O. The highest BCUT2D eigenvalue weighted by atomic mass is 35.5. The molecule has 0 aliphatic carbocycles. The number of carbonyl (C=O) groups excluding carboxylic acids is 1. The molecule has 2 aromatic carbocycles. The van der Waals surface area contributed by atoms with Gasteiger partial charge in [0.25, 0.3) is 5.91 Å². The topological polar surface area (TPSA) is 66.9 Å². The van der Waals surface area contributed by atoms with Gasteiger partial charge in [0, 0.05) is 22.5 Å². The molecule has 0 unspecified atom stereocenters. The quantitative estimate of drug-likeness (QED) is 0.757. The molecule has 2 N–H and O–H groups in total. The van der Waals surface area contributed by atoms with Crippen LogP contribution >= 0.6 is 11.6 Å². The van der Waals surface area contributed by atoms with Crippen molar-refractivity contribution >= 4 is 34.7 Å². The minimum atomic E-state index is -0.328. The molecule has 3 rings (SSSR count). The van der Waals surface area contributed by atoms with Crippen LogP contribution < -0.4 is 10.6 Å². The monoisotopic (exact) mass is 324 g/mol. The summed E-state index contributed by atoms with van der Waals surface area (Å²) in [6, 6.07) is 18.1. The number of aromatic nitrogens is 2. The normalized spacial score (nSPS) is 10.1. The van der Waals surface area contributed by atoms with Crippen molar-refractivity contribution in [2.24, 2.45) is 0 Å². The molecule has 0 bridgehead atoms. The molecule has 1 aromatic heterocycles. The van der Waals surface area contributed by atoms with Gasteiger partial charge in [-0.3, -0.25) is 4.79 Å². The van der Waals surface area contributed by atoms with Gasteiger partial charge in [0.2, 0.25) is 0 Å². The van der Waals surface area contributed by atoms with Gasteiger partial charge in [0.1, 0.15) is 17.8 Å². The molecule has 23 heavy (non-hydrogen) atoms. The number of amides is 1. The number of hydrogen-bond donors (Lipinski definition) is 2. The molecule has 3 aromatic rings. The average Bonchev–Trinajstić information content (AvgIpc) is 2.56. The van der Waals surface area contributed by atoms with E-state index in [1.165, 1.54) is 6.33 Å². The lowest BCUT2D eigenvalue weighted by molar-refractivity contribution is 0.102. The summed E-state index contributed by atoms with van der Waals surface area (Å²) in [5.41, 5.74) is 1.75. The number of para-hydroxylation sites is 1. The molecule has 1 amide bonds. The third-order valence-electron chi connectivity index (χ3n) is 3.03. The smallest absolute Gasteiger partial charge is 0.274 e. The molecule has 0 spiro atoms. The van der Waals surface area contributed by atoms with Crippen molar-refractivity contribution in [2.75, 3.05) is 10.6 Å². The molecule has 0 atom stereocenters. The maximum absolute atomic E-state index is 12.3. The molecule has 6 heteroatoms. The summed E-state index contributed by atoms with van der Waals surface area (Å²) in [5.74, 6) is 0.216. The zero-order valence-corrected chi connectivity index (χ0v) is 12.8. The second kappa shape index (κ2) is 6.89. The van der Waals surface area contributed by atoms with Gasteiger partial charge in [-0.25, -0.2) is 9.97 Å². The van der Waals surface area contributed by atoms with E-state index < -0.39 is 0 Å². The van der Waals surface area contributed by atoms with Crippen molar-refractivity contribution < 1.29 is 4.79 Å². The third-order valence-corrected chi connectivity index (χ3v) is 3.26. The number of carbonyl (C=O) groups is 1. The molecule has 5 nitrogen and oxygen atoms in total. The van der Waals surface area contributed by atoms with Gasteiger partial charge in [0.15, 0.2) is 0 Å². The van der Waals surface area contributed by atoms with Crippen LogP contribution in [0.2, 0.25) is 5.02 Å². The van der Waals surface area contributed by atoms with Gasteiger partial charge in [-0.15, -0.1) is 0 Å². The Morgan fingerprint density at radius 2 is 1.70 bits per heavy atom. The number of nitrogens with one attached hydrogen (secondary N) is 2. The number of anilines is 3. The zero-order chi connectivity index (χ0) is 16.1. The van der Waals surface area contributed by atoms with Crippen molar-refractivity contribution in [3.8, 4) is 0 Å². The van der Waals surface area contributed by atoms with E-state index in [1.807, 2.05) is 30.3 Å². The number of rotatable bonds is 4. The van der Waals surface area contributed by atoms with E-state index in [4.69, 9.17) is 11.6 Å². The van der Waals surface area contributed by atoms with Crippen LogP contribution in [0.3, 0.4) is 0 Å². The SMILES string of the molecule is O=C(Nc1cccc(Cl)c1)c1cc(Nc2ccccc2)ncn1. The van der Waals surface area contributed by atoms with Crippen LogP contribution in [0.5, 0.6) is 0 Å². The number of halogens is 1. The lowest BCUT2D eigenvalue weighted by atomic mass is 10.3. The van der Waals surface area contributed by atoms with E-state index in [9.17, 15) is 4.79 Å². The van der Waals surface area contributed by atoms with E-state index in [2.05, 4.69) is 20.6 Å². The Morgan fingerprint density at radius 1 is 0.913 bits per heavy atom. The fraction of sp³-hybridized carbons (Fsp3) is 0. The first-order chi connectivity index (χ1) is 11.2. The maximum Gasteiger partial charge on any atom is 0.274 e. The van der Waals surface area contributed by atoms with Crippen LogP contribution in [0.1, 0.15) is 10.5 Å². The molecule has 0 aliphatic heterocycles. The molecule has 0 radical (unpaired) electrons. The predicted molar refractivity (Wildman–Crippen MR) is 91.2 cm³/mol. The lowest BCUT2D eigenvalue weighted by Crippen LogP contribution is -2.14. The van der Waals surface area contributed by atoms with Crippen LogP contribution in [0.4, 0.5) is 17.2 Å². The third kappa shape index (κ3) is 4.05. The highest BCUT2D eigenvalue weighted by Gasteiger charge is 2.09. The zero-order valence-electron chi connectivity index (χ0n) is 12.0. The Labute approximate surface area is 138 Å². The van der Waals surface area contributed by atoms with E-state index in [0.29, 0.717) is 16.5 Å². The summed E-state index contributed by atoms with van der Waals surface area (Å²) in [6.45, 7) is 0. The summed E-state index contributed by atoms with van der Waals surface area (Å²) in [6.07, 6.45) is 1.35. The summed E-state index contributed by atoms with van der Waals surface area (Å²) in [5, 5.41) is 6.42. The highest BCUT2D eigenvalue weighted by Crippen LogP contribution is 2.17. The molecular weight excluding hydrogens is 312 g/mol. The summed E-state index contributed by atoms with van der Waals surface area (Å²) in [7, 11) is 0. The van der Waals surface area contributed by atoms with Gasteiger partial charge >= 0.3 is 0 Å². The Balaban J connectivity index is 1.75. The van der Waals surface area contributed by atoms with E-state index in [0.717, 1.165) is 5.69 Å². The first-order valence-electron chi connectivity index (χ1n) is 6.92. The van der Waals surface area contributed by atoms with Crippen molar-refractivity contribution in [3.05, 3.63) is 77.7 Å². The average molecular weight is 325 g/mol. The summed E-state index contributed by atoms with van der Waals surface area (Å²) < 4.78 is 0. The first kappa shape index (κ1) is 15.0. The second-order valence-corrected chi connectivity index (χ2v) is 5.18. The minimum absolute atomic E-state index is 0.262. The molecule has 1 heterocycles. The highest BCUT2D eigenvalue weighted by molar-refractivity contribution is 6.30. The van der Waals surface area contributed by atoms with Crippen molar-refractivity contribution in [1.82, 2.24) is 9.97 Å². The second-order valence-electron chi connectivity index (χ2n) is 4.74. The van der Waals surface area contributed by atoms with Crippen LogP contribution in [0.25, 0.3) is 0 Å². The van der Waals surface area contributed by atoms with E-state index >= 15 is 0 Å².